The zero-order valence-corrected chi connectivity index (χ0v) is 12.4. The smallest absolute Gasteiger partial charge is 0.227 e. The number of hydrogen-bond acceptors (Lipinski definition) is 4. The van der Waals surface area contributed by atoms with Crippen LogP contribution >= 0.6 is 11.3 Å². The number of amides is 2. The molecule has 2 amide bonds. The molecule has 6 heteroatoms. The SMILES string of the molecule is NC(=O)[C@H]1CCCN(C(=O)Cc2cccc3ncsc23)C1. The molecule has 5 nitrogen and oxygen atoms in total. The Morgan fingerprint density at radius 3 is 3.10 bits per heavy atom. The minimum absolute atomic E-state index is 0.0573. The van der Waals surface area contributed by atoms with Gasteiger partial charge >= 0.3 is 0 Å². The van der Waals surface area contributed by atoms with Gasteiger partial charge < -0.3 is 10.6 Å². The molecule has 1 fully saturated rings. The third-order valence-electron chi connectivity index (χ3n) is 3.96. The van der Waals surface area contributed by atoms with Crippen LogP contribution in [0.2, 0.25) is 0 Å². The van der Waals surface area contributed by atoms with Gasteiger partial charge in [0.2, 0.25) is 11.8 Å². The van der Waals surface area contributed by atoms with Crippen LogP contribution in [-0.2, 0) is 16.0 Å². The third-order valence-corrected chi connectivity index (χ3v) is 4.87. The number of carbonyl (C=O) groups is 2. The van der Waals surface area contributed by atoms with E-state index in [4.69, 9.17) is 5.73 Å². The van der Waals surface area contributed by atoms with Crippen molar-refractivity contribution in [2.24, 2.45) is 11.7 Å². The zero-order chi connectivity index (χ0) is 14.8. The summed E-state index contributed by atoms with van der Waals surface area (Å²) in [7, 11) is 0. The number of piperidine rings is 1. The van der Waals surface area contributed by atoms with E-state index in [9.17, 15) is 9.59 Å². The Balaban J connectivity index is 1.74. The van der Waals surface area contributed by atoms with E-state index in [2.05, 4.69) is 4.98 Å². The molecule has 1 aromatic heterocycles. The maximum Gasteiger partial charge on any atom is 0.227 e. The van der Waals surface area contributed by atoms with E-state index in [0.29, 0.717) is 19.5 Å². The number of carbonyl (C=O) groups excluding carboxylic acids is 2. The molecule has 0 saturated carbocycles. The normalized spacial score (nSPS) is 18.9. The van der Waals surface area contributed by atoms with E-state index < -0.39 is 0 Å². The molecule has 110 valence electrons. The Bertz CT molecular complexity index is 682. The van der Waals surface area contributed by atoms with Crippen LogP contribution in [0.5, 0.6) is 0 Å². The standard InChI is InChI=1S/C15H17N3O2S/c16-15(20)11-4-2-6-18(8-11)13(19)7-10-3-1-5-12-14(10)21-9-17-12/h1,3,5,9,11H,2,4,6-8H2,(H2,16,20)/t11-/m0/s1. The van der Waals surface area contributed by atoms with Crippen molar-refractivity contribution in [2.45, 2.75) is 19.3 Å². The number of fused-ring (bicyclic) bond motifs is 1. The van der Waals surface area contributed by atoms with E-state index >= 15 is 0 Å². The van der Waals surface area contributed by atoms with Gasteiger partial charge in [0.05, 0.1) is 28.1 Å². The fourth-order valence-electron chi connectivity index (χ4n) is 2.79. The topological polar surface area (TPSA) is 76.3 Å². The molecule has 1 atom stereocenters. The summed E-state index contributed by atoms with van der Waals surface area (Å²) in [4.78, 5) is 29.8. The van der Waals surface area contributed by atoms with Gasteiger partial charge in [-0.1, -0.05) is 12.1 Å². The maximum absolute atomic E-state index is 12.5. The van der Waals surface area contributed by atoms with Crippen LogP contribution < -0.4 is 5.73 Å². The van der Waals surface area contributed by atoms with Crippen molar-refractivity contribution in [3.63, 3.8) is 0 Å². The van der Waals surface area contributed by atoms with Gasteiger partial charge in [-0.25, -0.2) is 4.98 Å². The molecule has 1 aliphatic heterocycles. The number of benzene rings is 1. The van der Waals surface area contributed by atoms with Gasteiger partial charge in [-0.15, -0.1) is 11.3 Å². The molecule has 1 aromatic carbocycles. The molecule has 2 N–H and O–H groups in total. The molecule has 1 aliphatic rings. The highest BCUT2D eigenvalue weighted by molar-refractivity contribution is 7.17. The molecular formula is C15H17N3O2S. The molecule has 0 bridgehead atoms. The van der Waals surface area contributed by atoms with Gasteiger partial charge in [0.25, 0.3) is 0 Å². The number of aromatic nitrogens is 1. The van der Waals surface area contributed by atoms with Crippen molar-refractivity contribution in [2.75, 3.05) is 13.1 Å². The van der Waals surface area contributed by atoms with Crippen molar-refractivity contribution in [1.29, 1.82) is 0 Å². The van der Waals surface area contributed by atoms with Crippen LogP contribution in [0.3, 0.4) is 0 Å². The Kier molecular flexibility index (Phi) is 3.88. The number of nitrogens with zero attached hydrogens (tertiary/aromatic N) is 2. The monoisotopic (exact) mass is 303 g/mol. The number of hydrogen-bond donors (Lipinski definition) is 1. The molecule has 0 radical (unpaired) electrons. The van der Waals surface area contributed by atoms with Crippen molar-refractivity contribution in [1.82, 2.24) is 9.88 Å². The van der Waals surface area contributed by atoms with Crippen LogP contribution in [-0.4, -0.2) is 34.8 Å². The summed E-state index contributed by atoms with van der Waals surface area (Å²) in [5.74, 6) is -0.458. The number of rotatable bonds is 3. The number of primary amides is 1. The van der Waals surface area contributed by atoms with E-state index in [1.54, 1.807) is 21.7 Å². The predicted octanol–water partition coefficient (Wildman–Crippen LogP) is 1.56. The maximum atomic E-state index is 12.5. The minimum atomic E-state index is -0.308. The second-order valence-corrected chi connectivity index (χ2v) is 6.23. The van der Waals surface area contributed by atoms with Crippen LogP contribution in [0.15, 0.2) is 23.7 Å². The second-order valence-electron chi connectivity index (χ2n) is 5.38. The Labute approximate surface area is 126 Å². The first-order chi connectivity index (χ1) is 10.1. The summed E-state index contributed by atoms with van der Waals surface area (Å²) in [5, 5.41) is 0. The van der Waals surface area contributed by atoms with Crippen molar-refractivity contribution >= 4 is 33.4 Å². The summed E-state index contributed by atoms with van der Waals surface area (Å²) in [6.45, 7) is 1.16. The van der Waals surface area contributed by atoms with Crippen LogP contribution in [0, 0.1) is 5.92 Å². The summed E-state index contributed by atoms with van der Waals surface area (Å²) < 4.78 is 1.06. The molecule has 0 aliphatic carbocycles. The average molecular weight is 303 g/mol. The third kappa shape index (κ3) is 2.90. The average Bonchev–Trinajstić information content (AvgIpc) is 2.97. The lowest BCUT2D eigenvalue weighted by Gasteiger charge is -2.31. The zero-order valence-electron chi connectivity index (χ0n) is 11.6. The number of likely N-dealkylation sites (tertiary alicyclic amines) is 1. The molecular weight excluding hydrogens is 286 g/mol. The van der Waals surface area contributed by atoms with Gasteiger partial charge in [0, 0.05) is 13.1 Å². The van der Waals surface area contributed by atoms with Crippen molar-refractivity contribution in [3.05, 3.63) is 29.3 Å². The van der Waals surface area contributed by atoms with Crippen molar-refractivity contribution < 1.29 is 9.59 Å². The van der Waals surface area contributed by atoms with Crippen LogP contribution in [0.1, 0.15) is 18.4 Å². The number of nitrogens with two attached hydrogens (primary N) is 1. The van der Waals surface area contributed by atoms with E-state index in [0.717, 1.165) is 28.6 Å². The Morgan fingerprint density at radius 1 is 1.43 bits per heavy atom. The largest absolute Gasteiger partial charge is 0.369 e. The highest BCUT2D eigenvalue weighted by Gasteiger charge is 2.27. The Morgan fingerprint density at radius 2 is 2.29 bits per heavy atom. The van der Waals surface area contributed by atoms with E-state index in [1.165, 1.54) is 0 Å². The predicted molar refractivity (Wildman–Crippen MR) is 81.8 cm³/mol. The molecule has 1 saturated heterocycles. The van der Waals surface area contributed by atoms with Gasteiger partial charge in [-0.05, 0) is 24.5 Å². The molecule has 2 aromatic rings. The minimum Gasteiger partial charge on any atom is -0.369 e. The molecule has 0 unspecified atom stereocenters. The first-order valence-electron chi connectivity index (χ1n) is 7.03. The summed E-state index contributed by atoms with van der Waals surface area (Å²) in [5.41, 5.74) is 9.08. The van der Waals surface area contributed by atoms with Crippen LogP contribution in [0.25, 0.3) is 10.2 Å². The van der Waals surface area contributed by atoms with Gasteiger partial charge in [0.1, 0.15) is 0 Å². The Hall–Kier alpha value is -1.95. The number of thiazole rings is 1. The van der Waals surface area contributed by atoms with Gasteiger partial charge in [-0.3, -0.25) is 9.59 Å². The first-order valence-corrected chi connectivity index (χ1v) is 7.91. The highest BCUT2D eigenvalue weighted by atomic mass is 32.1. The summed E-state index contributed by atoms with van der Waals surface area (Å²) in [6, 6.07) is 5.84. The van der Waals surface area contributed by atoms with Crippen LogP contribution in [0.4, 0.5) is 0 Å². The van der Waals surface area contributed by atoms with Crippen molar-refractivity contribution in [3.8, 4) is 0 Å². The van der Waals surface area contributed by atoms with Gasteiger partial charge in [0.15, 0.2) is 0 Å². The van der Waals surface area contributed by atoms with E-state index in [-0.39, 0.29) is 17.7 Å². The highest BCUT2D eigenvalue weighted by Crippen LogP contribution is 2.24. The lowest BCUT2D eigenvalue weighted by atomic mass is 9.97. The fraction of sp³-hybridized carbons (Fsp3) is 0.400. The van der Waals surface area contributed by atoms with Gasteiger partial charge in [-0.2, -0.15) is 0 Å². The molecule has 0 spiro atoms. The molecule has 3 rings (SSSR count). The van der Waals surface area contributed by atoms with E-state index in [1.807, 2.05) is 18.2 Å². The first kappa shape index (κ1) is 14.0. The fourth-order valence-corrected chi connectivity index (χ4v) is 3.60. The second kappa shape index (κ2) is 5.81. The lowest BCUT2D eigenvalue weighted by Crippen LogP contribution is -2.44. The quantitative estimate of drug-likeness (QED) is 0.935. The summed E-state index contributed by atoms with van der Waals surface area (Å²) in [6.07, 6.45) is 1.97. The molecule has 2 heterocycles. The molecule has 21 heavy (non-hydrogen) atoms. The lowest BCUT2D eigenvalue weighted by molar-refractivity contribution is -0.134. The summed E-state index contributed by atoms with van der Waals surface area (Å²) >= 11 is 1.55.